The van der Waals surface area contributed by atoms with Gasteiger partial charge in [0.2, 0.25) is 6.79 Å². The highest BCUT2D eigenvalue weighted by molar-refractivity contribution is 7.91. The van der Waals surface area contributed by atoms with Crippen LogP contribution in [0.4, 0.5) is 0 Å². The van der Waals surface area contributed by atoms with Gasteiger partial charge < -0.3 is 14.0 Å². The molecule has 0 aliphatic carbocycles. The fraction of sp³-hybridized carbons (Fsp3) is 0.316. The first kappa shape index (κ1) is 18.6. The van der Waals surface area contributed by atoms with Gasteiger partial charge in [0.25, 0.3) is 10.0 Å². The summed E-state index contributed by atoms with van der Waals surface area (Å²) in [4.78, 5) is 2.25. The van der Waals surface area contributed by atoms with Crippen LogP contribution in [0.1, 0.15) is 5.56 Å². The first-order valence-corrected chi connectivity index (χ1v) is 11.5. The van der Waals surface area contributed by atoms with E-state index in [9.17, 15) is 8.42 Å². The first-order chi connectivity index (χ1) is 14.1. The molecule has 3 aromatic rings. The van der Waals surface area contributed by atoms with Crippen LogP contribution in [0.15, 0.2) is 50.7 Å². The Labute approximate surface area is 172 Å². The lowest BCUT2D eigenvalue weighted by Gasteiger charge is -2.33. The van der Waals surface area contributed by atoms with E-state index in [-0.39, 0.29) is 6.79 Å². The van der Waals surface area contributed by atoms with Gasteiger partial charge in [0, 0.05) is 49.7 Å². The molecule has 5 rings (SSSR count). The number of aromatic nitrogens is 1. The quantitative estimate of drug-likeness (QED) is 0.611. The van der Waals surface area contributed by atoms with E-state index < -0.39 is 10.0 Å². The molecular weight excluding hydrogens is 414 g/mol. The molecule has 1 aromatic carbocycles. The molecule has 0 saturated carbocycles. The van der Waals surface area contributed by atoms with Crippen molar-refractivity contribution in [3.63, 3.8) is 0 Å². The van der Waals surface area contributed by atoms with Crippen LogP contribution in [0.3, 0.4) is 0 Å². The van der Waals surface area contributed by atoms with Crippen LogP contribution in [0, 0.1) is 0 Å². The largest absolute Gasteiger partial charge is 0.454 e. The SMILES string of the molecule is O=S(=O)(c1cc(-c2ccon2)cs1)N1CCN(Cc2ccc3c(c2)OCO3)CC1. The highest BCUT2D eigenvalue weighted by Gasteiger charge is 2.30. The molecule has 4 heterocycles. The maximum atomic E-state index is 13.0. The topological polar surface area (TPSA) is 85.1 Å². The second-order valence-corrected chi connectivity index (χ2v) is 9.98. The average molecular weight is 434 g/mol. The predicted octanol–water partition coefficient (Wildman–Crippen LogP) is 2.64. The average Bonchev–Trinajstić information content (AvgIpc) is 3.48. The zero-order valence-electron chi connectivity index (χ0n) is 15.5. The predicted molar refractivity (Wildman–Crippen MR) is 106 cm³/mol. The Morgan fingerprint density at radius 3 is 2.66 bits per heavy atom. The van der Waals surface area contributed by atoms with E-state index in [1.165, 1.54) is 17.6 Å². The molecule has 0 amide bonds. The Hall–Kier alpha value is -2.40. The number of benzene rings is 1. The van der Waals surface area contributed by atoms with Gasteiger partial charge in [0.1, 0.15) is 16.2 Å². The van der Waals surface area contributed by atoms with Crippen LogP contribution in [0.2, 0.25) is 0 Å². The summed E-state index contributed by atoms with van der Waals surface area (Å²) in [6.07, 6.45) is 1.47. The van der Waals surface area contributed by atoms with Crippen molar-refractivity contribution in [3.05, 3.63) is 47.5 Å². The van der Waals surface area contributed by atoms with Crippen LogP contribution >= 0.6 is 11.3 Å². The third-order valence-electron chi connectivity index (χ3n) is 5.08. The summed E-state index contributed by atoms with van der Waals surface area (Å²) in [5.74, 6) is 1.54. The molecule has 0 N–H and O–H groups in total. The third kappa shape index (κ3) is 3.64. The molecule has 0 bridgehead atoms. The molecule has 1 saturated heterocycles. The summed E-state index contributed by atoms with van der Waals surface area (Å²) in [6, 6.07) is 9.31. The molecule has 152 valence electrons. The Kier molecular flexibility index (Phi) is 4.78. The molecule has 29 heavy (non-hydrogen) atoms. The van der Waals surface area contributed by atoms with Gasteiger partial charge in [-0.3, -0.25) is 4.90 Å². The number of ether oxygens (including phenoxy) is 2. The van der Waals surface area contributed by atoms with Crippen LogP contribution in [-0.2, 0) is 16.6 Å². The van der Waals surface area contributed by atoms with Crippen LogP contribution in [0.5, 0.6) is 11.5 Å². The van der Waals surface area contributed by atoms with Crippen molar-refractivity contribution in [1.82, 2.24) is 14.4 Å². The van der Waals surface area contributed by atoms with Gasteiger partial charge in [-0.25, -0.2) is 8.42 Å². The number of hydrogen-bond acceptors (Lipinski definition) is 8. The van der Waals surface area contributed by atoms with Crippen molar-refractivity contribution in [2.75, 3.05) is 33.0 Å². The first-order valence-electron chi connectivity index (χ1n) is 9.20. The minimum atomic E-state index is -3.51. The van der Waals surface area contributed by atoms with E-state index in [0.29, 0.717) is 36.1 Å². The standard InChI is InChI=1S/C19H19N3O5S2/c23-29(24,19-10-15(12-28-19)16-3-8-27-20-16)22-6-4-21(5-7-22)11-14-1-2-17-18(9-14)26-13-25-17/h1-3,8-10,12H,4-7,11,13H2. The Bertz CT molecular complexity index is 1100. The highest BCUT2D eigenvalue weighted by atomic mass is 32.2. The smallest absolute Gasteiger partial charge is 0.252 e. The monoisotopic (exact) mass is 433 g/mol. The fourth-order valence-corrected chi connectivity index (χ4v) is 6.25. The maximum Gasteiger partial charge on any atom is 0.252 e. The van der Waals surface area contributed by atoms with Gasteiger partial charge in [0.05, 0.1) is 0 Å². The fourth-order valence-electron chi connectivity index (χ4n) is 3.50. The summed E-state index contributed by atoms with van der Waals surface area (Å²) in [7, 11) is -3.51. The number of piperazine rings is 1. The third-order valence-corrected chi connectivity index (χ3v) is 8.39. The Morgan fingerprint density at radius 1 is 1.03 bits per heavy atom. The van der Waals surface area contributed by atoms with E-state index >= 15 is 0 Å². The van der Waals surface area contributed by atoms with E-state index in [2.05, 4.69) is 10.1 Å². The normalized spacial score (nSPS) is 17.7. The van der Waals surface area contributed by atoms with Gasteiger partial charge >= 0.3 is 0 Å². The second kappa shape index (κ2) is 7.45. The van der Waals surface area contributed by atoms with E-state index in [0.717, 1.165) is 29.2 Å². The van der Waals surface area contributed by atoms with Gasteiger partial charge in [-0.1, -0.05) is 11.2 Å². The minimum Gasteiger partial charge on any atom is -0.454 e. The van der Waals surface area contributed by atoms with E-state index in [1.807, 2.05) is 18.2 Å². The molecule has 2 aliphatic rings. The molecule has 0 atom stereocenters. The van der Waals surface area contributed by atoms with Crippen molar-refractivity contribution < 1.29 is 22.4 Å². The number of nitrogens with zero attached hydrogens (tertiary/aromatic N) is 3. The zero-order valence-corrected chi connectivity index (χ0v) is 17.1. The summed E-state index contributed by atoms with van der Waals surface area (Å²) in [5.41, 5.74) is 2.51. The molecule has 2 aromatic heterocycles. The lowest BCUT2D eigenvalue weighted by Crippen LogP contribution is -2.48. The van der Waals surface area contributed by atoms with Crippen LogP contribution in [-0.4, -0.2) is 55.8 Å². The number of fused-ring (bicyclic) bond motifs is 1. The highest BCUT2D eigenvalue weighted by Crippen LogP contribution is 2.33. The second-order valence-electron chi connectivity index (χ2n) is 6.91. The maximum absolute atomic E-state index is 13.0. The summed E-state index contributed by atoms with van der Waals surface area (Å²) >= 11 is 1.21. The Balaban J connectivity index is 1.23. The van der Waals surface area contributed by atoms with Gasteiger partial charge in [-0.15, -0.1) is 11.3 Å². The van der Waals surface area contributed by atoms with Gasteiger partial charge in [-0.05, 0) is 23.8 Å². The van der Waals surface area contributed by atoms with Gasteiger partial charge in [-0.2, -0.15) is 4.31 Å². The zero-order chi connectivity index (χ0) is 19.8. The van der Waals surface area contributed by atoms with Crippen molar-refractivity contribution in [2.24, 2.45) is 0 Å². The van der Waals surface area contributed by atoms with Crippen LogP contribution < -0.4 is 9.47 Å². The molecule has 0 radical (unpaired) electrons. The number of hydrogen-bond donors (Lipinski definition) is 0. The van der Waals surface area contributed by atoms with Crippen molar-refractivity contribution in [2.45, 2.75) is 10.8 Å². The van der Waals surface area contributed by atoms with Crippen LogP contribution in [0.25, 0.3) is 11.3 Å². The Morgan fingerprint density at radius 2 is 1.86 bits per heavy atom. The lowest BCUT2D eigenvalue weighted by atomic mass is 10.2. The number of rotatable bonds is 5. The number of thiophene rings is 1. The van der Waals surface area contributed by atoms with Gasteiger partial charge in [0.15, 0.2) is 11.5 Å². The molecule has 8 nitrogen and oxygen atoms in total. The summed E-state index contributed by atoms with van der Waals surface area (Å²) in [6.45, 7) is 3.29. The van der Waals surface area contributed by atoms with E-state index in [1.54, 1.807) is 21.8 Å². The molecule has 1 fully saturated rings. The van der Waals surface area contributed by atoms with Crippen molar-refractivity contribution >= 4 is 21.4 Å². The molecule has 2 aliphatic heterocycles. The molecule has 10 heteroatoms. The minimum absolute atomic E-state index is 0.260. The molecular formula is C19H19N3O5S2. The van der Waals surface area contributed by atoms with E-state index in [4.69, 9.17) is 14.0 Å². The number of sulfonamides is 1. The lowest BCUT2D eigenvalue weighted by molar-refractivity contribution is 0.173. The molecule has 0 spiro atoms. The summed E-state index contributed by atoms with van der Waals surface area (Å²) < 4.78 is 43.5. The molecule has 0 unspecified atom stereocenters. The summed E-state index contributed by atoms with van der Waals surface area (Å²) in [5, 5.41) is 5.66. The van der Waals surface area contributed by atoms with Crippen molar-refractivity contribution in [3.8, 4) is 22.8 Å². The van der Waals surface area contributed by atoms with Crippen molar-refractivity contribution in [1.29, 1.82) is 0 Å².